The molecule has 0 bridgehead atoms. The molecule has 0 spiro atoms. The Bertz CT molecular complexity index is 942. The van der Waals surface area contributed by atoms with E-state index >= 15 is 0 Å². The van der Waals surface area contributed by atoms with Crippen LogP contribution in [0.2, 0.25) is 0 Å². The monoisotopic (exact) mass is 344 g/mol. The van der Waals surface area contributed by atoms with Crippen molar-refractivity contribution >= 4 is 20.6 Å². The average molecular weight is 344 g/mol. The zero-order chi connectivity index (χ0) is 17.2. The molecule has 1 aromatic heterocycles. The first kappa shape index (κ1) is 16.6. The van der Waals surface area contributed by atoms with Crippen LogP contribution in [0.1, 0.15) is 42.8 Å². The molecule has 3 aromatic rings. The molecule has 0 saturated carbocycles. The highest BCUT2D eigenvalue weighted by molar-refractivity contribution is 7.90. The summed E-state index contributed by atoms with van der Waals surface area (Å²) < 4.78 is 30.7. The molecule has 0 aliphatic rings. The van der Waals surface area contributed by atoms with E-state index in [9.17, 15) is 8.42 Å². The van der Waals surface area contributed by atoms with Crippen LogP contribution >= 0.6 is 0 Å². The summed E-state index contributed by atoms with van der Waals surface area (Å²) in [5.41, 5.74) is 0.785. The first-order chi connectivity index (χ1) is 11.5. The lowest BCUT2D eigenvalue weighted by atomic mass is 10.1. The van der Waals surface area contributed by atoms with Crippen LogP contribution in [0.3, 0.4) is 0 Å². The maximum atomic E-state index is 12.8. The van der Waals surface area contributed by atoms with Crippen molar-refractivity contribution in [2.45, 2.75) is 37.7 Å². The molecule has 0 fully saturated rings. The number of aryl methyl sites for hydroxylation is 1. The molecule has 6 heteroatoms. The van der Waals surface area contributed by atoms with Gasteiger partial charge in [0.1, 0.15) is 5.25 Å². The van der Waals surface area contributed by atoms with E-state index in [1.165, 1.54) is 0 Å². The van der Waals surface area contributed by atoms with Crippen LogP contribution in [-0.2, 0) is 22.0 Å². The Morgan fingerprint density at radius 1 is 1.12 bits per heavy atom. The zero-order valence-electron chi connectivity index (χ0n) is 13.8. The van der Waals surface area contributed by atoms with E-state index in [2.05, 4.69) is 10.1 Å². The minimum Gasteiger partial charge on any atom is -0.338 e. The lowest BCUT2D eigenvalue weighted by Crippen LogP contribution is -2.13. The second kappa shape index (κ2) is 6.73. The van der Waals surface area contributed by atoms with Crippen LogP contribution in [0.25, 0.3) is 10.8 Å². The van der Waals surface area contributed by atoms with E-state index in [0.29, 0.717) is 12.2 Å². The van der Waals surface area contributed by atoms with Gasteiger partial charge in [0.15, 0.2) is 15.7 Å². The second-order valence-corrected chi connectivity index (χ2v) is 8.21. The van der Waals surface area contributed by atoms with E-state index in [1.54, 1.807) is 6.92 Å². The van der Waals surface area contributed by atoms with Crippen molar-refractivity contribution in [3.8, 4) is 0 Å². The molecule has 126 valence electrons. The van der Waals surface area contributed by atoms with Crippen LogP contribution in [-0.4, -0.2) is 18.6 Å². The summed E-state index contributed by atoms with van der Waals surface area (Å²) in [5.74, 6) is 0.666. The van der Waals surface area contributed by atoms with E-state index in [0.717, 1.165) is 22.8 Å². The Morgan fingerprint density at radius 3 is 2.67 bits per heavy atom. The van der Waals surface area contributed by atoms with Gasteiger partial charge in [0.25, 0.3) is 0 Å². The molecule has 5 nitrogen and oxygen atoms in total. The molecule has 1 atom stereocenters. The molecule has 1 unspecified atom stereocenters. The smallest absolute Gasteiger partial charge is 0.244 e. The largest absolute Gasteiger partial charge is 0.338 e. The Balaban J connectivity index is 1.89. The number of hydrogen-bond donors (Lipinski definition) is 0. The topological polar surface area (TPSA) is 73.1 Å². The standard InChI is InChI=1S/C18H20N2O3S/c1-3-7-17-19-18(23-20-17)13(2)24(21,22)12-15-10-6-9-14-8-4-5-11-16(14)15/h4-6,8-11,13H,3,7,12H2,1-2H3. The molecule has 1 heterocycles. The summed E-state index contributed by atoms with van der Waals surface area (Å²) in [6, 6.07) is 13.5. The fraction of sp³-hybridized carbons (Fsp3) is 0.333. The fourth-order valence-corrected chi connectivity index (χ4v) is 4.01. The van der Waals surface area contributed by atoms with Gasteiger partial charge in [0, 0.05) is 6.42 Å². The van der Waals surface area contributed by atoms with Gasteiger partial charge < -0.3 is 4.52 Å². The third kappa shape index (κ3) is 3.33. The van der Waals surface area contributed by atoms with Gasteiger partial charge in [0.05, 0.1) is 5.75 Å². The highest BCUT2D eigenvalue weighted by Crippen LogP contribution is 2.27. The third-order valence-corrected chi connectivity index (χ3v) is 6.07. The Morgan fingerprint density at radius 2 is 1.88 bits per heavy atom. The van der Waals surface area contributed by atoms with Crippen LogP contribution in [0.15, 0.2) is 47.0 Å². The first-order valence-corrected chi connectivity index (χ1v) is 9.73. The van der Waals surface area contributed by atoms with Crippen molar-refractivity contribution in [3.63, 3.8) is 0 Å². The highest BCUT2D eigenvalue weighted by atomic mass is 32.2. The third-order valence-electron chi connectivity index (χ3n) is 4.08. The van der Waals surface area contributed by atoms with E-state index in [1.807, 2.05) is 49.4 Å². The van der Waals surface area contributed by atoms with Crippen molar-refractivity contribution in [3.05, 3.63) is 59.7 Å². The van der Waals surface area contributed by atoms with Gasteiger partial charge in [-0.25, -0.2) is 8.42 Å². The van der Waals surface area contributed by atoms with Gasteiger partial charge in [-0.05, 0) is 29.7 Å². The van der Waals surface area contributed by atoms with Crippen molar-refractivity contribution in [2.75, 3.05) is 0 Å². The maximum Gasteiger partial charge on any atom is 0.244 e. The Hall–Kier alpha value is -2.21. The molecule has 0 aliphatic carbocycles. The summed E-state index contributed by atoms with van der Waals surface area (Å²) in [4.78, 5) is 4.21. The van der Waals surface area contributed by atoms with Crippen molar-refractivity contribution in [1.29, 1.82) is 0 Å². The summed E-state index contributed by atoms with van der Waals surface area (Å²) in [6.07, 6.45) is 1.57. The lowest BCUT2D eigenvalue weighted by Gasteiger charge is -2.11. The highest BCUT2D eigenvalue weighted by Gasteiger charge is 2.28. The number of hydrogen-bond acceptors (Lipinski definition) is 5. The molecule has 3 rings (SSSR count). The maximum absolute atomic E-state index is 12.8. The van der Waals surface area contributed by atoms with Crippen molar-refractivity contribution < 1.29 is 12.9 Å². The average Bonchev–Trinajstić information content (AvgIpc) is 3.03. The molecular formula is C18H20N2O3S. The number of nitrogens with zero attached hydrogens (tertiary/aromatic N) is 2. The van der Waals surface area contributed by atoms with Gasteiger partial charge in [-0.1, -0.05) is 54.5 Å². The number of aromatic nitrogens is 2. The van der Waals surface area contributed by atoms with Crippen LogP contribution < -0.4 is 0 Å². The quantitative estimate of drug-likeness (QED) is 0.679. The molecule has 2 aromatic carbocycles. The van der Waals surface area contributed by atoms with E-state index in [4.69, 9.17) is 4.52 Å². The molecule has 0 saturated heterocycles. The molecule has 0 aliphatic heterocycles. The Labute approximate surface area is 141 Å². The first-order valence-electron chi connectivity index (χ1n) is 8.02. The van der Waals surface area contributed by atoms with Gasteiger partial charge >= 0.3 is 0 Å². The number of fused-ring (bicyclic) bond motifs is 1. The van der Waals surface area contributed by atoms with Gasteiger partial charge in [-0.3, -0.25) is 0 Å². The summed E-state index contributed by atoms with van der Waals surface area (Å²) in [7, 11) is -3.46. The van der Waals surface area contributed by atoms with Gasteiger partial charge in [-0.15, -0.1) is 0 Å². The summed E-state index contributed by atoms with van der Waals surface area (Å²) in [5, 5.41) is 5.00. The Kier molecular flexibility index (Phi) is 4.66. The van der Waals surface area contributed by atoms with E-state index < -0.39 is 15.1 Å². The number of sulfone groups is 1. The van der Waals surface area contributed by atoms with Crippen molar-refractivity contribution in [2.24, 2.45) is 0 Å². The van der Waals surface area contributed by atoms with Crippen LogP contribution in [0.4, 0.5) is 0 Å². The van der Waals surface area contributed by atoms with Crippen molar-refractivity contribution in [1.82, 2.24) is 10.1 Å². The second-order valence-electron chi connectivity index (χ2n) is 5.89. The fourth-order valence-electron chi connectivity index (χ4n) is 2.67. The molecular weight excluding hydrogens is 324 g/mol. The number of benzene rings is 2. The minimum absolute atomic E-state index is 0.0546. The van der Waals surface area contributed by atoms with Crippen LogP contribution in [0.5, 0.6) is 0 Å². The predicted molar refractivity (Wildman–Crippen MR) is 93.3 cm³/mol. The predicted octanol–water partition coefficient (Wildman–Crippen LogP) is 3.85. The lowest BCUT2D eigenvalue weighted by molar-refractivity contribution is 0.371. The normalized spacial score (nSPS) is 13.2. The molecule has 24 heavy (non-hydrogen) atoms. The zero-order valence-corrected chi connectivity index (χ0v) is 14.6. The molecule has 0 amide bonds. The molecule has 0 N–H and O–H groups in total. The van der Waals surface area contributed by atoms with Gasteiger partial charge in [0.2, 0.25) is 5.89 Å². The SMILES string of the molecule is CCCc1noc(C(C)S(=O)(=O)Cc2cccc3ccccc23)n1. The van der Waals surface area contributed by atoms with Gasteiger partial charge in [-0.2, -0.15) is 4.98 Å². The summed E-state index contributed by atoms with van der Waals surface area (Å²) >= 11 is 0. The minimum atomic E-state index is -3.46. The summed E-state index contributed by atoms with van der Waals surface area (Å²) in [6.45, 7) is 3.61. The molecule has 0 radical (unpaired) electrons. The van der Waals surface area contributed by atoms with E-state index in [-0.39, 0.29) is 11.6 Å². The van der Waals surface area contributed by atoms with Crippen LogP contribution in [0, 0.1) is 0 Å². The number of rotatable bonds is 6.